The lowest BCUT2D eigenvalue weighted by molar-refractivity contribution is -0.134. The number of amides is 2. The van der Waals surface area contributed by atoms with Gasteiger partial charge in [-0.15, -0.1) is 0 Å². The lowest BCUT2D eigenvalue weighted by atomic mass is 10.1. The van der Waals surface area contributed by atoms with E-state index in [0.717, 1.165) is 25.0 Å². The summed E-state index contributed by atoms with van der Waals surface area (Å²) in [6, 6.07) is 16.3. The maximum Gasteiger partial charge on any atom is 0.291 e. The average Bonchev–Trinajstić information content (AvgIpc) is 2.72. The molecule has 0 fully saturated rings. The number of hydrogen-bond donors (Lipinski definition) is 2. The number of benzene rings is 2. The van der Waals surface area contributed by atoms with E-state index in [1.807, 2.05) is 30.3 Å². The molecule has 6 nitrogen and oxygen atoms in total. The van der Waals surface area contributed by atoms with Gasteiger partial charge in [0.1, 0.15) is 11.5 Å². The van der Waals surface area contributed by atoms with Crippen LogP contribution in [0.5, 0.6) is 11.5 Å². The lowest BCUT2D eigenvalue weighted by Crippen LogP contribution is -2.22. The molecule has 0 atom stereocenters. The fourth-order valence-corrected chi connectivity index (χ4v) is 2.59. The second kappa shape index (κ2) is 11.5. The maximum absolute atomic E-state index is 12.0. The fourth-order valence-electron chi connectivity index (χ4n) is 2.59. The van der Waals surface area contributed by atoms with Crippen molar-refractivity contribution < 1.29 is 19.1 Å². The Kier molecular flexibility index (Phi) is 8.72. The van der Waals surface area contributed by atoms with Crippen molar-refractivity contribution >= 4 is 23.3 Å². The number of carbonyl (C=O) groups excluding carboxylic acids is 3. The van der Waals surface area contributed by atoms with Crippen molar-refractivity contribution in [3.63, 3.8) is 0 Å². The summed E-state index contributed by atoms with van der Waals surface area (Å²) in [7, 11) is 1.61. The SMILES string of the molecule is CNC(=O)CCCCCCC(=O)C(=O)Nc1ccc(Oc2ccccc2)cc1. The molecule has 0 aliphatic rings. The Hall–Kier alpha value is -3.15. The third-order valence-electron chi connectivity index (χ3n) is 4.18. The Morgan fingerprint density at radius 3 is 2.04 bits per heavy atom. The molecule has 2 aromatic carbocycles. The van der Waals surface area contributed by atoms with Crippen molar-refractivity contribution in [1.82, 2.24) is 5.32 Å². The van der Waals surface area contributed by atoms with Gasteiger partial charge in [0.2, 0.25) is 11.7 Å². The Bertz CT molecular complexity index is 773. The van der Waals surface area contributed by atoms with E-state index < -0.39 is 11.7 Å². The van der Waals surface area contributed by atoms with Gasteiger partial charge in [-0.3, -0.25) is 14.4 Å². The zero-order chi connectivity index (χ0) is 20.2. The Labute approximate surface area is 165 Å². The first kappa shape index (κ1) is 21.2. The van der Waals surface area contributed by atoms with Crippen molar-refractivity contribution in [2.45, 2.75) is 38.5 Å². The molecule has 0 saturated carbocycles. The van der Waals surface area contributed by atoms with Crippen LogP contribution in [0.15, 0.2) is 54.6 Å². The van der Waals surface area contributed by atoms with Gasteiger partial charge in [-0.25, -0.2) is 0 Å². The number of hydrogen-bond acceptors (Lipinski definition) is 4. The van der Waals surface area contributed by atoms with Crippen LogP contribution in [0.3, 0.4) is 0 Å². The van der Waals surface area contributed by atoms with E-state index in [4.69, 9.17) is 4.74 Å². The Morgan fingerprint density at radius 2 is 1.39 bits per heavy atom. The van der Waals surface area contributed by atoms with Gasteiger partial charge >= 0.3 is 0 Å². The molecule has 2 N–H and O–H groups in total. The minimum Gasteiger partial charge on any atom is -0.457 e. The summed E-state index contributed by atoms with van der Waals surface area (Å²) >= 11 is 0. The van der Waals surface area contributed by atoms with Crippen molar-refractivity contribution in [3.8, 4) is 11.5 Å². The number of unbranched alkanes of at least 4 members (excludes halogenated alkanes) is 3. The van der Waals surface area contributed by atoms with Crippen LogP contribution in [-0.2, 0) is 14.4 Å². The van der Waals surface area contributed by atoms with E-state index in [1.165, 1.54) is 0 Å². The van der Waals surface area contributed by atoms with Crippen molar-refractivity contribution in [3.05, 3.63) is 54.6 Å². The number of para-hydroxylation sites is 1. The molecule has 2 amide bonds. The van der Waals surface area contributed by atoms with Gasteiger partial charge in [-0.1, -0.05) is 31.0 Å². The first-order valence-electron chi connectivity index (χ1n) is 9.46. The van der Waals surface area contributed by atoms with Gasteiger partial charge < -0.3 is 15.4 Å². The second-order valence-corrected chi connectivity index (χ2v) is 6.40. The summed E-state index contributed by atoms with van der Waals surface area (Å²) in [5.41, 5.74) is 0.546. The summed E-state index contributed by atoms with van der Waals surface area (Å²) in [4.78, 5) is 35.0. The highest BCUT2D eigenvalue weighted by atomic mass is 16.5. The van der Waals surface area contributed by atoms with Gasteiger partial charge in [0, 0.05) is 25.6 Å². The molecule has 0 spiro atoms. The number of ether oxygens (including phenoxy) is 1. The molecule has 148 valence electrons. The largest absolute Gasteiger partial charge is 0.457 e. The molecular formula is C22H26N2O4. The average molecular weight is 382 g/mol. The van der Waals surface area contributed by atoms with E-state index in [2.05, 4.69) is 10.6 Å². The van der Waals surface area contributed by atoms with Gasteiger partial charge in [0.05, 0.1) is 0 Å². The summed E-state index contributed by atoms with van der Waals surface area (Å²) in [5.74, 6) is 0.353. The van der Waals surface area contributed by atoms with Crippen LogP contribution < -0.4 is 15.4 Å². The van der Waals surface area contributed by atoms with Crippen molar-refractivity contribution in [2.75, 3.05) is 12.4 Å². The Morgan fingerprint density at radius 1 is 0.786 bits per heavy atom. The standard InChI is InChI=1S/C22H26N2O4/c1-23-21(26)12-8-3-2-7-11-20(25)22(27)24-17-13-15-19(16-14-17)28-18-9-5-4-6-10-18/h4-6,9-10,13-16H,2-3,7-8,11-12H2,1H3,(H,23,26)(H,24,27). The predicted molar refractivity (Wildman–Crippen MR) is 108 cm³/mol. The third-order valence-corrected chi connectivity index (χ3v) is 4.18. The highest BCUT2D eigenvalue weighted by Gasteiger charge is 2.13. The highest BCUT2D eigenvalue weighted by molar-refractivity contribution is 6.40. The second-order valence-electron chi connectivity index (χ2n) is 6.40. The van der Waals surface area contributed by atoms with Crippen LogP contribution >= 0.6 is 0 Å². The minimum absolute atomic E-state index is 0.0237. The number of carbonyl (C=O) groups is 3. The van der Waals surface area contributed by atoms with Gasteiger partial charge in [-0.05, 0) is 49.2 Å². The van der Waals surface area contributed by atoms with Crippen molar-refractivity contribution in [1.29, 1.82) is 0 Å². The number of anilines is 1. The third kappa shape index (κ3) is 7.61. The molecule has 0 aliphatic carbocycles. The Balaban J connectivity index is 1.68. The highest BCUT2D eigenvalue weighted by Crippen LogP contribution is 2.22. The van der Waals surface area contributed by atoms with E-state index in [0.29, 0.717) is 24.3 Å². The van der Waals surface area contributed by atoms with Crippen LogP contribution in [-0.4, -0.2) is 24.6 Å². The molecule has 0 aromatic heterocycles. The topological polar surface area (TPSA) is 84.5 Å². The normalized spacial score (nSPS) is 10.2. The van der Waals surface area contributed by atoms with Crippen molar-refractivity contribution in [2.24, 2.45) is 0 Å². The molecule has 6 heteroatoms. The number of nitrogens with one attached hydrogen (secondary N) is 2. The number of Topliss-reactive ketones (excluding diaryl/α,β-unsaturated/α-hetero) is 1. The van der Waals surface area contributed by atoms with Gasteiger partial charge in [0.25, 0.3) is 5.91 Å². The fraction of sp³-hybridized carbons (Fsp3) is 0.318. The number of rotatable bonds is 11. The summed E-state index contributed by atoms with van der Waals surface area (Å²) in [5, 5.41) is 5.18. The molecule has 0 aliphatic heterocycles. The van der Waals surface area contributed by atoms with E-state index in [1.54, 1.807) is 31.3 Å². The summed E-state index contributed by atoms with van der Waals surface area (Å²) < 4.78 is 5.69. The quantitative estimate of drug-likeness (QED) is 0.453. The number of ketones is 1. The van der Waals surface area contributed by atoms with E-state index in [9.17, 15) is 14.4 Å². The zero-order valence-corrected chi connectivity index (χ0v) is 16.1. The van der Waals surface area contributed by atoms with Crippen LogP contribution in [0.2, 0.25) is 0 Å². The molecule has 0 heterocycles. The zero-order valence-electron chi connectivity index (χ0n) is 16.1. The van der Waals surface area contributed by atoms with Crippen LogP contribution in [0.25, 0.3) is 0 Å². The molecule has 0 radical (unpaired) electrons. The minimum atomic E-state index is -0.609. The summed E-state index contributed by atoms with van der Waals surface area (Å²) in [6.45, 7) is 0. The van der Waals surface area contributed by atoms with Crippen LogP contribution in [0.4, 0.5) is 5.69 Å². The summed E-state index contributed by atoms with van der Waals surface area (Å²) in [6.07, 6.45) is 3.82. The lowest BCUT2D eigenvalue weighted by Gasteiger charge is -2.08. The first-order chi connectivity index (χ1) is 13.6. The predicted octanol–water partition coefficient (Wildman–Crippen LogP) is 4.07. The molecule has 2 aromatic rings. The monoisotopic (exact) mass is 382 g/mol. The molecular weight excluding hydrogens is 356 g/mol. The molecule has 0 unspecified atom stereocenters. The molecule has 2 rings (SSSR count). The van der Waals surface area contributed by atoms with E-state index >= 15 is 0 Å². The van der Waals surface area contributed by atoms with Gasteiger partial charge in [0.15, 0.2) is 0 Å². The molecule has 0 bridgehead atoms. The maximum atomic E-state index is 12.0. The molecule has 0 saturated heterocycles. The van der Waals surface area contributed by atoms with E-state index in [-0.39, 0.29) is 12.3 Å². The molecule has 28 heavy (non-hydrogen) atoms. The van der Waals surface area contributed by atoms with Crippen LogP contribution in [0, 0.1) is 0 Å². The first-order valence-corrected chi connectivity index (χ1v) is 9.46. The smallest absolute Gasteiger partial charge is 0.291 e. The van der Waals surface area contributed by atoms with Gasteiger partial charge in [-0.2, -0.15) is 0 Å². The van der Waals surface area contributed by atoms with Crippen LogP contribution in [0.1, 0.15) is 38.5 Å².